The first kappa shape index (κ1) is 21.7. The van der Waals surface area contributed by atoms with Crippen molar-refractivity contribution in [2.45, 2.75) is 39.0 Å². The van der Waals surface area contributed by atoms with Gasteiger partial charge in [0.15, 0.2) is 0 Å². The third-order valence-corrected chi connectivity index (χ3v) is 5.39. The summed E-state index contributed by atoms with van der Waals surface area (Å²) < 4.78 is 33.4. The highest BCUT2D eigenvalue weighted by atomic mass is 19.1. The number of carbonyl (C=O) groups excluding carboxylic acids is 1. The molecule has 0 saturated carbocycles. The predicted molar refractivity (Wildman–Crippen MR) is 115 cm³/mol. The Hall–Kier alpha value is -3.01. The smallest absolute Gasteiger partial charge is 0.150 e. The molecule has 0 aromatic heterocycles. The zero-order valence-corrected chi connectivity index (χ0v) is 17.3. The standard InChI is InChI=1S/C26H26F2O2/c1-18-5-6-21(12-19(18)2)13-22(23-14-24(27)16-25(28)15-23)4-3-11-30-26-9-7-20(17-29)8-10-26/h5-10,12,14-17,22H,3-4,11,13H2,1-2H3. The second-order valence-electron chi connectivity index (χ2n) is 7.70. The van der Waals surface area contributed by atoms with Gasteiger partial charge in [0.05, 0.1) is 6.61 Å². The summed E-state index contributed by atoms with van der Waals surface area (Å²) in [6.45, 7) is 4.62. The molecule has 0 bridgehead atoms. The molecule has 0 heterocycles. The highest BCUT2D eigenvalue weighted by Crippen LogP contribution is 2.28. The summed E-state index contributed by atoms with van der Waals surface area (Å²) in [7, 11) is 0. The number of halogens is 2. The van der Waals surface area contributed by atoms with Gasteiger partial charge in [0.2, 0.25) is 0 Å². The van der Waals surface area contributed by atoms with Gasteiger partial charge in [-0.1, -0.05) is 18.2 Å². The average Bonchev–Trinajstić information content (AvgIpc) is 2.72. The molecule has 30 heavy (non-hydrogen) atoms. The van der Waals surface area contributed by atoms with Crippen molar-refractivity contribution in [2.24, 2.45) is 0 Å². The lowest BCUT2D eigenvalue weighted by Crippen LogP contribution is -2.08. The van der Waals surface area contributed by atoms with Crippen LogP contribution in [-0.4, -0.2) is 12.9 Å². The van der Waals surface area contributed by atoms with Crippen molar-refractivity contribution in [3.63, 3.8) is 0 Å². The maximum Gasteiger partial charge on any atom is 0.150 e. The van der Waals surface area contributed by atoms with Crippen molar-refractivity contribution >= 4 is 6.29 Å². The van der Waals surface area contributed by atoms with Crippen LogP contribution in [0.5, 0.6) is 5.75 Å². The third kappa shape index (κ3) is 5.99. The average molecular weight is 408 g/mol. The summed E-state index contributed by atoms with van der Waals surface area (Å²) in [4.78, 5) is 10.7. The van der Waals surface area contributed by atoms with E-state index in [4.69, 9.17) is 4.74 Å². The van der Waals surface area contributed by atoms with E-state index < -0.39 is 11.6 Å². The minimum Gasteiger partial charge on any atom is -0.494 e. The molecule has 0 fully saturated rings. The van der Waals surface area contributed by atoms with Gasteiger partial charge >= 0.3 is 0 Å². The van der Waals surface area contributed by atoms with E-state index in [-0.39, 0.29) is 5.92 Å². The highest BCUT2D eigenvalue weighted by Gasteiger charge is 2.15. The van der Waals surface area contributed by atoms with Gasteiger partial charge < -0.3 is 4.74 Å². The summed E-state index contributed by atoms with van der Waals surface area (Å²) in [6, 6.07) is 17.0. The molecule has 1 unspecified atom stereocenters. The Kier molecular flexibility index (Phi) is 7.34. The number of hydrogen-bond acceptors (Lipinski definition) is 2. The van der Waals surface area contributed by atoms with Crippen LogP contribution >= 0.6 is 0 Å². The van der Waals surface area contributed by atoms with Gasteiger partial charge in [-0.25, -0.2) is 8.78 Å². The fourth-order valence-corrected chi connectivity index (χ4v) is 3.57. The van der Waals surface area contributed by atoms with Crippen molar-refractivity contribution in [3.8, 4) is 5.75 Å². The number of aldehydes is 1. The number of aryl methyl sites for hydroxylation is 2. The lowest BCUT2D eigenvalue weighted by atomic mass is 9.87. The molecule has 3 aromatic carbocycles. The van der Waals surface area contributed by atoms with Crippen molar-refractivity contribution in [1.29, 1.82) is 0 Å². The van der Waals surface area contributed by atoms with Crippen LogP contribution < -0.4 is 4.74 Å². The van der Waals surface area contributed by atoms with Crippen molar-refractivity contribution in [2.75, 3.05) is 6.61 Å². The van der Waals surface area contributed by atoms with Crippen LogP contribution in [0, 0.1) is 25.5 Å². The van der Waals surface area contributed by atoms with E-state index in [1.165, 1.54) is 23.3 Å². The molecule has 0 aliphatic heterocycles. The molecular formula is C26H26F2O2. The Labute approximate surface area is 176 Å². The lowest BCUT2D eigenvalue weighted by Gasteiger charge is -2.19. The normalized spacial score (nSPS) is 11.9. The predicted octanol–water partition coefficient (Wildman–Crippen LogP) is 6.58. The second-order valence-corrected chi connectivity index (χ2v) is 7.70. The summed E-state index contributed by atoms with van der Waals surface area (Å²) >= 11 is 0. The first-order valence-electron chi connectivity index (χ1n) is 10.1. The van der Waals surface area contributed by atoms with Gasteiger partial charge in [0.25, 0.3) is 0 Å². The number of benzene rings is 3. The lowest BCUT2D eigenvalue weighted by molar-refractivity contribution is 0.112. The van der Waals surface area contributed by atoms with Gasteiger partial charge in [0, 0.05) is 11.6 Å². The monoisotopic (exact) mass is 408 g/mol. The molecular weight excluding hydrogens is 382 g/mol. The Bertz CT molecular complexity index is 976. The van der Waals surface area contributed by atoms with Crippen LogP contribution in [0.2, 0.25) is 0 Å². The summed E-state index contributed by atoms with van der Waals surface area (Å²) in [5.74, 6) is -0.426. The van der Waals surface area contributed by atoms with Crippen molar-refractivity contribution in [1.82, 2.24) is 0 Å². The topological polar surface area (TPSA) is 26.3 Å². The molecule has 0 saturated heterocycles. The van der Waals surface area contributed by atoms with Gasteiger partial charge in [-0.15, -0.1) is 0 Å². The molecule has 0 amide bonds. The van der Waals surface area contributed by atoms with E-state index in [1.54, 1.807) is 24.3 Å². The number of hydrogen-bond donors (Lipinski definition) is 0. The molecule has 4 heteroatoms. The van der Waals surface area contributed by atoms with Gasteiger partial charge in [-0.3, -0.25) is 4.79 Å². The quantitative estimate of drug-likeness (QED) is 0.295. The van der Waals surface area contributed by atoms with E-state index in [0.717, 1.165) is 30.8 Å². The second kappa shape index (κ2) is 10.1. The third-order valence-electron chi connectivity index (χ3n) is 5.39. The van der Waals surface area contributed by atoms with E-state index in [1.807, 2.05) is 0 Å². The van der Waals surface area contributed by atoms with Crippen LogP contribution in [0.4, 0.5) is 8.78 Å². The van der Waals surface area contributed by atoms with E-state index in [9.17, 15) is 13.6 Å². The van der Waals surface area contributed by atoms with Crippen LogP contribution in [-0.2, 0) is 6.42 Å². The van der Waals surface area contributed by atoms with Crippen LogP contribution in [0.3, 0.4) is 0 Å². The van der Waals surface area contributed by atoms with Gasteiger partial charge in [0.1, 0.15) is 23.7 Å². The molecule has 0 aliphatic rings. The molecule has 0 N–H and O–H groups in total. The Morgan fingerprint density at radius 3 is 2.23 bits per heavy atom. The molecule has 156 valence electrons. The first-order chi connectivity index (χ1) is 14.4. The van der Waals surface area contributed by atoms with Crippen LogP contribution in [0.25, 0.3) is 0 Å². The number of carbonyl (C=O) groups is 1. The van der Waals surface area contributed by atoms with Crippen LogP contribution in [0.15, 0.2) is 60.7 Å². The zero-order valence-electron chi connectivity index (χ0n) is 17.3. The molecule has 1 atom stereocenters. The van der Waals surface area contributed by atoms with E-state index >= 15 is 0 Å². The minimum atomic E-state index is -0.554. The molecule has 0 radical (unpaired) electrons. The Balaban J connectivity index is 1.68. The van der Waals surface area contributed by atoms with Gasteiger partial charge in [-0.05, 0) is 97.7 Å². The molecule has 3 rings (SSSR count). The largest absolute Gasteiger partial charge is 0.494 e. The summed E-state index contributed by atoms with van der Waals surface area (Å²) in [6.07, 6.45) is 2.97. The molecule has 3 aromatic rings. The zero-order chi connectivity index (χ0) is 21.5. The molecule has 0 aliphatic carbocycles. The SMILES string of the molecule is Cc1ccc(CC(CCCOc2ccc(C=O)cc2)c2cc(F)cc(F)c2)cc1C. The van der Waals surface area contributed by atoms with Gasteiger partial charge in [-0.2, -0.15) is 0 Å². The highest BCUT2D eigenvalue weighted by molar-refractivity contribution is 5.74. The molecule has 0 spiro atoms. The van der Waals surface area contributed by atoms with Crippen LogP contribution in [0.1, 0.15) is 51.4 Å². The van der Waals surface area contributed by atoms with Crippen molar-refractivity contribution in [3.05, 3.63) is 100 Å². The number of rotatable bonds is 9. The fourth-order valence-electron chi connectivity index (χ4n) is 3.57. The van der Waals surface area contributed by atoms with E-state index in [2.05, 4.69) is 32.0 Å². The summed E-state index contributed by atoms with van der Waals surface area (Å²) in [5, 5.41) is 0. The summed E-state index contributed by atoms with van der Waals surface area (Å²) in [5.41, 5.74) is 4.85. The maximum absolute atomic E-state index is 13.8. The van der Waals surface area contributed by atoms with Crippen molar-refractivity contribution < 1.29 is 18.3 Å². The fraction of sp³-hybridized carbons (Fsp3) is 0.269. The maximum atomic E-state index is 13.8. The minimum absolute atomic E-state index is 0.0154. The van der Waals surface area contributed by atoms with E-state index in [0.29, 0.717) is 29.9 Å². The Morgan fingerprint density at radius 2 is 1.60 bits per heavy atom. The molecule has 2 nitrogen and oxygen atoms in total. The number of ether oxygens (including phenoxy) is 1. The first-order valence-corrected chi connectivity index (χ1v) is 10.1. The Morgan fingerprint density at radius 1 is 0.900 bits per heavy atom.